The van der Waals surface area contributed by atoms with Gasteiger partial charge >= 0.3 is 0 Å². The smallest absolute Gasteiger partial charge is 0.269 e. The summed E-state index contributed by atoms with van der Waals surface area (Å²) < 4.78 is 21.6. The maximum atomic E-state index is 14.9. The van der Waals surface area contributed by atoms with Gasteiger partial charge in [-0.2, -0.15) is 0 Å². The van der Waals surface area contributed by atoms with Crippen molar-refractivity contribution < 1.29 is 13.9 Å². The number of nitrogens with one attached hydrogen (secondary N) is 1. The number of aromatic nitrogens is 4. The number of hydrogen-bond acceptors (Lipinski definition) is 8. The zero-order valence-electron chi connectivity index (χ0n) is 24.0. The molecular formula is C32H30FN7O3. The molecule has 3 heterocycles. The van der Waals surface area contributed by atoms with E-state index in [9.17, 15) is 14.0 Å². The van der Waals surface area contributed by atoms with E-state index in [1.54, 1.807) is 49.4 Å². The minimum absolute atomic E-state index is 0.0876. The van der Waals surface area contributed by atoms with E-state index in [4.69, 9.17) is 9.72 Å². The van der Waals surface area contributed by atoms with Gasteiger partial charge in [-0.1, -0.05) is 43.3 Å². The third kappa shape index (κ3) is 5.14. The summed E-state index contributed by atoms with van der Waals surface area (Å²) in [5, 5.41) is 3.29. The second kappa shape index (κ2) is 11.5. The molecule has 1 aliphatic heterocycles. The number of ether oxygens (including phenoxy) is 1. The molecule has 0 saturated heterocycles. The van der Waals surface area contributed by atoms with Crippen molar-refractivity contribution in [3.8, 4) is 11.4 Å². The van der Waals surface area contributed by atoms with Crippen LogP contribution in [0.2, 0.25) is 0 Å². The van der Waals surface area contributed by atoms with Crippen molar-refractivity contribution in [2.24, 2.45) is 0 Å². The maximum Gasteiger partial charge on any atom is 0.269 e. The third-order valence-electron chi connectivity index (χ3n) is 7.52. The Morgan fingerprint density at radius 3 is 2.49 bits per heavy atom. The predicted octanol–water partition coefficient (Wildman–Crippen LogP) is 4.94. The molecule has 1 N–H and O–H groups in total. The molecule has 5 aromatic rings. The lowest BCUT2D eigenvalue weighted by Gasteiger charge is -2.36. The lowest BCUT2D eigenvalue weighted by molar-refractivity contribution is 0.0781. The molecule has 1 atom stereocenters. The van der Waals surface area contributed by atoms with Gasteiger partial charge in [0.15, 0.2) is 0 Å². The Labute approximate surface area is 247 Å². The zero-order valence-corrected chi connectivity index (χ0v) is 24.0. The fraction of sp³-hybridized carbons (Fsp3) is 0.219. The Balaban J connectivity index is 1.44. The molecule has 10 nitrogen and oxygen atoms in total. The van der Waals surface area contributed by atoms with Crippen molar-refractivity contribution in [1.82, 2.24) is 24.4 Å². The van der Waals surface area contributed by atoms with Crippen molar-refractivity contribution in [3.63, 3.8) is 0 Å². The number of nitrogens with zero attached hydrogens (tertiary/aromatic N) is 6. The molecule has 1 amide bonds. The highest BCUT2D eigenvalue weighted by molar-refractivity contribution is 6.04. The van der Waals surface area contributed by atoms with Crippen LogP contribution in [0, 0.1) is 5.82 Å². The van der Waals surface area contributed by atoms with E-state index in [0.717, 1.165) is 11.3 Å². The second-order valence-corrected chi connectivity index (χ2v) is 10.3. The summed E-state index contributed by atoms with van der Waals surface area (Å²) in [6.45, 7) is 2.79. The normalized spacial score (nSPS) is 13.6. The van der Waals surface area contributed by atoms with Gasteiger partial charge in [-0.05, 0) is 48.4 Å². The summed E-state index contributed by atoms with van der Waals surface area (Å²) in [5.74, 6) is 1.08. The van der Waals surface area contributed by atoms with Crippen molar-refractivity contribution >= 4 is 28.4 Å². The Morgan fingerprint density at radius 2 is 1.77 bits per heavy atom. The number of amides is 1. The molecule has 6 rings (SSSR count). The van der Waals surface area contributed by atoms with Crippen LogP contribution >= 0.6 is 0 Å². The van der Waals surface area contributed by atoms with Crippen LogP contribution in [0.5, 0.6) is 5.75 Å². The number of benzene rings is 3. The summed E-state index contributed by atoms with van der Waals surface area (Å²) in [5.41, 5.74) is 1.62. The van der Waals surface area contributed by atoms with Gasteiger partial charge in [-0.3, -0.25) is 14.2 Å². The van der Waals surface area contributed by atoms with Crippen molar-refractivity contribution in [1.29, 1.82) is 0 Å². The summed E-state index contributed by atoms with van der Waals surface area (Å²) >= 11 is 0. The highest BCUT2D eigenvalue weighted by Crippen LogP contribution is 2.33. The Morgan fingerprint density at radius 1 is 1.00 bits per heavy atom. The van der Waals surface area contributed by atoms with E-state index in [2.05, 4.69) is 15.3 Å². The summed E-state index contributed by atoms with van der Waals surface area (Å²) in [7, 11) is 3.35. The van der Waals surface area contributed by atoms with Crippen LogP contribution in [0.15, 0.2) is 83.9 Å². The number of carbonyl (C=O) groups excluding carboxylic acids is 1. The van der Waals surface area contributed by atoms with Gasteiger partial charge in [-0.15, -0.1) is 0 Å². The largest absolute Gasteiger partial charge is 0.497 e. The molecule has 43 heavy (non-hydrogen) atoms. The first-order valence-corrected chi connectivity index (χ1v) is 13.9. The number of rotatable bonds is 8. The van der Waals surface area contributed by atoms with Gasteiger partial charge in [0.2, 0.25) is 0 Å². The monoisotopic (exact) mass is 579 g/mol. The van der Waals surface area contributed by atoms with Gasteiger partial charge in [-0.25, -0.2) is 19.3 Å². The molecule has 0 spiro atoms. The molecular weight excluding hydrogens is 549 g/mol. The molecule has 0 saturated carbocycles. The Hall–Kier alpha value is -5.32. The maximum absolute atomic E-state index is 14.9. The van der Waals surface area contributed by atoms with Gasteiger partial charge in [0, 0.05) is 13.6 Å². The van der Waals surface area contributed by atoms with Crippen LogP contribution in [0.4, 0.5) is 16.0 Å². The first kappa shape index (κ1) is 27.8. The minimum Gasteiger partial charge on any atom is -0.497 e. The van der Waals surface area contributed by atoms with Crippen molar-refractivity contribution in [3.05, 3.63) is 112 Å². The second-order valence-electron chi connectivity index (χ2n) is 10.3. The molecule has 0 bridgehead atoms. The van der Waals surface area contributed by atoms with Crippen molar-refractivity contribution in [2.45, 2.75) is 25.9 Å². The molecule has 2 aromatic heterocycles. The topological polar surface area (TPSA) is 105 Å². The number of hydrogen-bond donors (Lipinski definition) is 1. The first-order valence-electron chi connectivity index (χ1n) is 13.9. The molecule has 0 radical (unpaired) electrons. The molecule has 0 aliphatic carbocycles. The van der Waals surface area contributed by atoms with Gasteiger partial charge in [0.25, 0.3) is 11.5 Å². The molecule has 0 fully saturated rings. The Bertz CT molecular complexity index is 1860. The van der Waals surface area contributed by atoms with Crippen LogP contribution in [0.25, 0.3) is 16.6 Å². The van der Waals surface area contributed by atoms with Crippen molar-refractivity contribution in [2.75, 3.05) is 31.0 Å². The number of methoxy groups -OCH3 is 1. The highest BCUT2D eigenvalue weighted by Gasteiger charge is 2.33. The predicted molar refractivity (Wildman–Crippen MR) is 162 cm³/mol. The summed E-state index contributed by atoms with van der Waals surface area (Å²) in [4.78, 5) is 44.7. The SMILES string of the molecule is CC[C@H](Nc1ncnc2c1C(=O)N(C)CN2Cc1ccc(OC)cc1)c1nc2cccc(F)c2c(=O)n1-c1ccccc1. The fourth-order valence-electron chi connectivity index (χ4n) is 5.36. The van der Waals surface area contributed by atoms with Crippen LogP contribution in [-0.2, 0) is 6.54 Å². The van der Waals surface area contributed by atoms with Gasteiger partial charge in [0.05, 0.1) is 31.0 Å². The van der Waals surface area contributed by atoms with Crippen LogP contribution in [-0.4, -0.2) is 51.2 Å². The molecule has 218 valence electrons. The van der Waals surface area contributed by atoms with Crippen LogP contribution < -0.4 is 20.5 Å². The van der Waals surface area contributed by atoms with E-state index < -0.39 is 17.4 Å². The minimum atomic E-state index is -0.636. The number of halogens is 1. The Kier molecular flexibility index (Phi) is 7.45. The van der Waals surface area contributed by atoms with E-state index in [1.807, 2.05) is 42.2 Å². The molecule has 3 aromatic carbocycles. The molecule has 0 unspecified atom stereocenters. The average molecular weight is 580 g/mol. The number of fused-ring (bicyclic) bond motifs is 2. The number of carbonyl (C=O) groups is 1. The van der Waals surface area contributed by atoms with E-state index >= 15 is 0 Å². The van der Waals surface area contributed by atoms with Crippen LogP contribution in [0.1, 0.15) is 41.1 Å². The lowest BCUT2D eigenvalue weighted by Crippen LogP contribution is -2.45. The fourth-order valence-corrected chi connectivity index (χ4v) is 5.36. The molecule has 11 heteroatoms. The number of para-hydroxylation sites is 1. The third-order valence-corrected chi connectivity index (χ3v) is 7.52. The van der Waals surface area contributed by atoms with Gasteiger partial charge in [0.1, 0.15) is 46.3 Å². The summed E-state index contributed by atoms with van der Waals surface area (Å²) in [6, 6.07) is 20.6. The van der Waals surface area contributed by atoms with Gasteiger partial charge < -0.3 is 19.9 Å². The van der Waals surface area contributed by atoms with E-state index in [1.165, 1.54) is 23.0 Å². The molecule has 1 aliphatic rings. The quantitative estimate of drug-likeness (QED) is 0.276. The van der Waals surface area contributed by atoms with E-state index in [0.29, 0.717) is 48.3 Å². The average Bonchev–Trinajstić information content (AvgIpc) is 3.03. The van der Waals surface area contributed by atoms with E-state index in [-0.39, 0.29) is 16.8 Å². The lowest BCUT2D eigenvalue weighted by atomic mass is 10.1. The van der Waals surface area contributed by atoms with Crippen LogP contribution in [0.3, 0.4) is 0 Å². The highest BCUT2D eigenvalue weighted by atomic mass is 19.1. The zero-order chi connectivity index (χ0) is 30.1. The number of anilines is 2. The first-order chi connectivity index (χ1) is 20.9. The summed E-state index contributed by atoms with van der Waals surface area (Å²) in [6.07, 6.45) is 1.90. The standard InChI is InChI=1S/C32H30FN7O3/c1-4-24(29-37-25-12-8-11-23(33)26(25)32(42)40(29)21-9-6-5-7-10-21)36-28-27-30(35-18-34-28)39(19-38(2)31(27)41)17-20-13-15-22(43-3)16-14-20/h5-16,18,24H,4,17,19H2,1-3H3,(H,34,35,36)/t24-/m0/s1.